The fraction of sp³-hybridized carbons (Fsp3) is 0.0833. The molecule has 0 aliphatic heterocycles. The quantitative estimate of drug-likeness (QED) is 0.870. The Bertz CT molecular complexity index is 497. The van der Waals surface area contributed by atoms with Crippen molar-refractivity contribution in [2.75, 3.05) is 12.4 Å². The van der Waals surface area contributed by atoms with Crippen molar-refractivity contribution in [2.24, 2.45) is 0 Å². The highest BCUT2D eigenvalue weighted by molar-refractivity contribution is 6.04. The van der Waals surface area contributed by atoms with Gasteiger partial charge in [0.25, 0.3) is 5.91 Å². The number of carbonyl (C=O) groups excluding carboxylic acids is 1. The Hall–Kier alpha value is -2.43. The second kappa shape index (κ2) is 5.07. The number of hydrogen-bond acceptors (Lipinski definition) is 4. The summed E-state index contributed by atoms with van der Waals surface area (Å²) < 4.78 is 5.02. The first-order valence-electron chi connectivity index (χ1n) is 5.00. The van der Waals surface area contributed by atoms with Crippen LogP contribution in [0.2, 0.25) is 0 Å². The van der Waals surface area contributed by atoms with E-state index in [2.05, 4.69) is 15.3 Å². The SMILES string of the molecule is COc1ccc(C(=O)Nc2cncnc2)cc1. The molecule has 0 saturated carbocycles. The van der Waals surface area contributed by atoms with Crippen molar-refractivity contribution >= 4 is 11.6 Å². The molecular weight excluding hydrogens is 218 g/mol. The van der Waals surface area contributed by atoms with Gasteiger partial charge >= 0.3 is 0 Å². The van der Waals surface area contributed by atoms with Gasteiger partial charge < -0.3 is 10.1 Å². The molecule has 0 radical (unpaired) electrons. The van der Waals surface area contributed by atoms with Crippen molar-refractivity contribution in [3.05, 3.63) is 48.5 Å². The molecule has 1 N–H and O–H groups in total. The maximum atomic E-state index is 11.8. The third-order valence-electron chi connectivity index (χ3n) is 2.17. The minimum atomic E-state index is -0.206. The van der Waals surface area contributed by atoms with Crippen LogP contribution in [0.15, 0.2) is 43.0 Å². The van der Waals surface area contributed by atoms with E-state index in [1.807, 2.05) is 0 Å². The Morgan fingerprint density at radius 1 is 1.18 bits per heavy atom. The normalized spacial score (nSPS) is 9.71. The van der Waals surface area contributed by atoms with Gasteiger partial charge in [-0.2, -0.15) is 0 Å². The number of benzene rings is 1. The van der Waals surface area contributed by atoms with E-state index in [0.717, 1.165) is 0 Å². The number of amides is 1. The van der Waals surface area contributed by atoms with Gasteiger partial charge in [-0.15, -0.1) is 0 Å². The summed E-state index contributed by atoms with van der Waals surface area (Å²) in [7, 11) is 1.58. The molecule has 17 heavy (non-hydrogen) atoms. The van der Waals surface area contributed by atoms with Gasteiger partial charge in [0.1, 0.15) is 12.1 Å². The number of nitrogens with zero attached hydrogens (tertiary/aromatic N) is 2. The summed E-state index contributed by atoms with van der Waals surface area (Å²) in [6, 6.07) is 6.85. The van der Waals surface area contributed by atoms with Crippen LogP contribution in [0.4, 0.5) is 5.69 Å². The van der Waals surface area contributed by atoms with Gasteiger partial charge in [-0.25, -0.2) is 9.97 Å². The molecule has 1 aromatic carbocycles. The minimum Gasteiger partial charge on any atom is -0.497 e. The van der Waals surface area contributed by atoms with Gasteiger partial charge in [0.15, 0.2) is 0 Å². The predicted molar refractivity (Wildman–Crippen MR) is 63.0 cm³/mol. The van der Waals surface area contributed by atoms with E-state index in [9.17, 15) is 4.79 Å². The van der Waals surface area contributed by atoms with E-state index in [-0.39, 0.29) is 5.91 Å². The van der Waals surface area contributed by atoms with Crippen LogP contribution < -0.4 is 10.1 Å². The predicted octanol–water partition coefficient (Wildman–Crippen LogP) is 1.74. The molecular formula is C12H11N3O2. The van der Waals surface area contributed by atoms with E-state index >= 15 is 0 Å². The van der Waals surface area contributed by atoms with E-state index in [1.165, 1.54) is 18.7 Å². The first-order chi connectivity index (χ1) is 8.29. The highest BCUT2D eigenvalue weighted by Crippen LogP contribution is 2.12. The van der Waals surface area contributed by atoms with Crippen LogP contribution >= 0.6 is 0 Å². The van der Waals surface area contributed by atoms with Crippen molar-refractivity contribution in [1.29, 1.82) is 0 Å². The third-order valence-corrected chi connectivity index (χ3v) is 2.17. The lowest BCUT2D eigenvalue weighted by molar-refractivity contribution is 0.102. The zero-order valence-electron chi connectivity index (χ0n) is 9.25. The molecule has 5 nitrogen and oxygen atoms in total. The fourth-order valence-electron chi connectivity index (χ4n) is 1.31. The second-order valence-corrected chi connectivity index (χ2v) is 3.31. The maximum Gasteiger partial charge on any atom is 0.255 e. The molecule has 0 bridgehead atoms. The fourth-order valence-corrected chi connectivity index (χ4v) is 1.31. The minimum absolute atomic E-state index is 0.206. The number of aromatic nitrogens is 2. The Kier molecular flexibility index (Phi) is 3.30. The van der Waals surface area contributed by atoms with Crippen LogP contribution in [0.3, 0.4) is 0 Å². The van der Waals surface area contributed by atoms with Crippen molar-refractivity contribution in [2.45, 2.75) is 0 Å². The zero-order chi connectivity index (χ0) is 12.1. The van der Waals surface area contributed by atoms with Crippen LogP contribution in [0, 0.1) is 0 Å². The second-order valence-electron chi connectivity index (χ2n) is 3.31. The molecule has 0 spiro atoms. The largest absolute Gasteiger partial charge is 0.497 e. The van der Waals surface area contributed by atoms with Crippen molar-refractivity contribution in [1.82, 2.24) is 9.97 Å². The number of carbonyl (C=O) groups is 1. The average molecular weight is 229 g/mol. The van der Waals surface area contributed by atoms with Crippen LogP contribution in [0.25, 0.3) is 0 Å². The Balaban J connectivity index is 2.09. The van der Waals surface area contributed by atoms with E-state index < -0.39 is 0 Å². The summed E-state index contributed by atoms with van der Waals surface area (Å²) >= 11 is 0. The topological polar surface area (TPSA) is 64.1 Å². The van der Waals surface area contributed by atoms with E-state index in [1.54, 1.807) is 31.4 Å². The number of methoxy groups -OCH3 is 1. The van der Waals surface area contributed by atoms with Crippen molar-refractivity contribution in [3.8, 4) is 5.75 Å². The molecule has 86 valence electrons. The van der Waals surface area contributed by atoms with Gasteiger partial charge in [-0.3, -0.25) is 4.79 Å². The van der Waals surface area contributed by atoms with Crippen molar-refractivity contribution in [3.63, 3.8) is 0 Å². The lowest BCUT2D eigenvalue weighted by Crippen LogP contribution is -2.11. The number of hydrogen-bond donors (Lipinski definition) is 1. The number of rotatable bonds is 3. The van der Waals surface area contributed by atoms with Gasteiger partial charge in [0.05, 0.1) is 25.2 Å². The van der Waals surface area contributed by atoms with Crippen LogP contribution in [-0.2, 0) is 0 Å². The molecule has 1 amide bonds. The summed E-state index contributed by atoms with van der Waals surface area (Å²) in [6.07, 6.45) is 4.48. The van der Waals surface area contributed by atoms with Crippen molar-refractivity contribution < 1.29 is 9.53 Å². The lowest BCUT2D eigenvalue weighted by atomic mass is 10.2. The average Bonchev–Trinajstić information content (AvgIpc) is 2.40. The van der Waals surface area contributed by atoms with Crippen LogP contribution in [0.5, 0.6) is 5.75 Å². The van der Waals surface area contributed by atoms with E-state index in [4.69, 9.17) is 4.74 Å². The first-order valence-corrected chi connectivity index (χ1v) is 5.00. The molecule has 0 atom stereocenters. The molecule has 5 heteroatoms. The summed E-state index contributed by atoms with van der Waals surface area (Å²) in [5.41, 5.74) is 1.11. The Morgan fingerprint density at radius 3 is 2.41 bits per heavy atom. The molecule has 1 heterocycles. The standard InChI is InChI=1S/C12H11N3O2/c1-17-11-4-2-9(3-5-11)12(16)15-10-6-13-8-14-7-10/h2-8H,1H3,(H,15,16). The maximum absolute atomic E-state index is 11.8. The molecule has 2 rings (SSSR count). The van der Waals surface area contributed by atoms with Crippen LogP contribution in [0.1, 0.15) is 10.4 Å². The van der Waals surface area contributed by atoms with E-state index in [0.29, 0.717) is 17.0 Å². The molecule has 0 aliphatic rings. The highest BCUT2D eigenvalue weighted by atomic mass is 16.5. The monoisotopic (exact) mass is 229 g/mol. The molecule has 2 aromatic rings. The summed E-state index contributed by atoms with van der Waals surface area (Å²) in [6.45, 7) is 0. The summed E-state index contributed by atoms with van der Waals surface area (Å²) in [5, 5.41) is 2.69. The van der Waals surface area contributed by atoms with Gasteiger partial charge in [0, 0.05) is 5.56 Å². The number of nitrogens with one attached hydrogen (secondary N) is 1. The summed E-state index contributed by atoms with van der Waals surface area (Å²) in [5.74, 6) is 0.507. The molecule has 1 aromatic heterocycles. The molecule has 0 unspecified atom stereocenters. The number of anilines is 1. The Morgan fingerprint density at radius 2 is 1.82 bits per heavy atom. The number of ether oxygens (including phenoxy) is 1. The zero-order valence-corrected chi connectivity index (χ0v) is 9.25. The van der Waals surface area contributed by atoms with Gasteiger partial charge in [-0.1, -0.05) is 0 Å². The molecule has 0 saturated heterocycles. The van der Waals surface area contributed by atoms with Crippen LogP contribution in [-0.4, -0.2) is 23.0 Å². The van der Waals surface area contributed by atoms with Gasteiger partial charge in [0.2, 0.25) is 0 Å². The summed E-state index contributed by atoms with van der Waals surface area (Å²) in [4.78, 5) is 19.4. The van der Waals surface area contributed by atoms with Gasteiger partial charge in [-0.05, 0) is 24.3 Å². The highest BCUT2D eigenvalue weighted by Gasteiger charge is 2.05. The molecule has 0 fully saturated rings. The molecule has 0 aliphatic carbocycles. The Labute approximate surface area is 98.5 Å². The lowest BCUT2D eigenvalue weighted by Gasteiger charge is -2.04. The smallest absolute Gasteiger partial charge is 0.255 e. The first kappa shape index (κ1) is 11.1. The third kappa shape index (κ3) is 2.78.